The first-order valence-electron chi connectivity index (χ1n) is 5.76. The van der Waals surface area contributed by atoms with Crippen LogP contribution >= 0.6 is 23.2 Å². The summed E-state index contributed by atoms with van der Waals surface area (Å²) in [6, 6.07) is 3.62. The number of furan rings is 1. The molecule has 1 aliphatic rings. The summed E-state index contributed by atoms with van der Waals surface area (Å²) in [5, 5.41) is 2.86. The number of hydrogen-bond acceptors (Lipinski definition) is 2. The van der Waals surface area contributed by atoms with Crippen molar-refractivity contribution in [2.45, 2.75) is 20.4 Å². The number of halogens is 2. The van der Waals surface area contributed by atoms with Crippen molar-refractivity contribution in [3.8, 4) is 0 Å². The van der Waals surface area contributed by atoms with Gasteiger partial charge in [-0.2, -0.15) is 0 Å². The fourth-order valence-electron chi connectivity index (χ4n) is 2.32. The van der Waals surface area contributed by atoms with E-state index in [9.17, 15) is 4.79 Å². The largest absolute Gasteiger partial charge is 0.467 e. The second-order valence-corrected chi connectivity index (χ2v) is 6.09. The van der Waals surface area contributed by atoms with E-state index < -0.39 is 0 Å². The molecule has 1 saturated carbocycles. The van der Waals surface area contributed by atoms with E-state index in [2.05, 4.69) is 5.32 Å². The highest BCUT2D eigenvalue weighted by atomic mass is 35.5. The van der Waals surface area contributed by atoms with E-state index in [-0.39, 0.29) is 27.6 Å². The van der Waals surface area contributed by atoms with Gasteiger partial charge in [0, 0.05) is 0 Å². The Labute approximate surface area is 116 Å². The maximum atomic E-state index is 12.0. The van der Waals surface area contributed by atoms with Crippen molar-refractivity contribution in [1.29, 1.82) is 0 Å². The fraction of sp³-hybridized carbons (Fsp3) is 0.462. The number of carbonyl (C=O) groups excluding carboxylic acids is 1. The Bertz CT molecular complexity index is 461. The molecule has 3 nitrogen and oxygen atoms in total. The maximum Gasteiger partial charge on any atom is 0.224 e. The van der Waals surface area contributed by atoms with Gasteiger partial charge in [-0.3, -0.25) is 4.79 Å². The molecule has 0 aliphatic heterocycles. The van der Waals surface area contributed by atoms with Crippen LogP contribution in [0.5, 0.6) is 0 Å². The third-order valence-corrected chi connectivity index (χ3v) is 3.77. The van der Waals surface area contributed by atoms with Gasteiger partial charge in [0.2, 0.25) is 5.91 Å². The molecule has 0 spiro atoms. The van der Waals surface area contributed by atoms with Gasteiger partial charge in [-0.1, -0.05) is 37.0 Å². The van der Waals surface area contributed by atoms with Crippen molar-refractivity contribution in [2.24, 2.45) is 17.3 Å². The lowest BCUT2D eigenvalue weighted by Crippen LogP contribution is -2.26. The molecule has 98 valence electrons. The highest BCUT2D eigenvalue weighted by molar-refractivity contribution is 6.55. The van der Waals surface area contributed by atoms with Crippen LogP contribution in [-0.4, -0.2) is 5.91 Å². The number of carbonyl (C=O) groups is 1. The zero-order valence-corrected chi connectivity index (χ0v) is 11.8. The normalized spacial score (nSPS) is 24.4. The van der Waals surface area contributed by atoms with Gasteiger partial charge in [-0.15, -0.1) is 0 Å². The number of rotatable bonds is 4. The molecule has 1 heterocycles. The van der Waals surface area contributed by atoms with Gasteiger partial charge in [-0.25, -0.2) is 0 Å². The van der Waals surface area contributed by atoms with Crippen LogP contribution in [0.1, 0.15) is 19.6 Å². The average molecular weight is 288 g/mol. The van der Waals surface area contributed by atoms with E-state index in [1.165, 1.54) is 0 Å². The molecule has 2 rings (SSSR count). The zero-order valence-electron chi connectivity index (χ0n) is 10.2. The fourth-order valence-corrected chi connectivity index (χ4v) is 2.59. The molecular weight excluding hydrogens is 273 g/mol. The van der Waals surface area contributed by atoms with E-state index in [0.29, 0.717) is 6.54 Å². The van der Waals surface area contributed by atoms with Gasteiger partial charge in [0.1, 0.15) is 10.3 Å². The van der Waals surface area contributed by atoms with Crippen LogP contribution < -0.4 is 5.32 Å². The van der Waals surface area contributed by atoms with Gasteiger partial charge >= 0.3 is 0 Å². The molecule has 18 heavy (non-hydrogen) atoms. The summed E-state index contributed by atoms with van der Waals surface area (Å²) in [7, 11) is 0. The third-order valence-electron chi connectivity index (χ3n) is 3.52. The SMILES string of the molecule is CC1(C)[C@H](C=C(Cl)Cl)[C@H]1C(=O)NCc1ccco1. The topological polar surface area (TPSA) is 42.2 Å². The minimum absolute atomic E-state index is 0.00670. The second-order valence-electron chi connectivity index (χ2n) is 5.08. The molecule has 1 fully saturated rings. The van der Waals surface area contributed by atoms with Crippen LogP contribution in [0.25, 0.3) is 0 Å². The molecule has 1 aliphatic carbocycles. The predicted octanol–water partition coefficient (Wildman–Crippen LogP) is 3.49. The Balaban J connectivity index is 1.92. The molecule has 1 amide bonds. The van der Waals surface area contributed by atoms with E-state index in [1.54, 1.807) is 18.4 Å². The Morgan fingerprint density at radius 3 is 2.83 bits per heavy atom. The van der Waals surface area contributed by atoms with Crippen LogP contribution in [0.15, 0.2) is 33.4 Å². The summed E-state index contributed by atoms with van der Waals surface area (Å²) in [6.45, 7) is 4.47. The highest BCUT2D eigenvalue weighted by Gasteiger charge is 2.60. The van der Waals surface area contributed by atoms with Crippen molar-refractivity contribution >= 4 is 29.1 Å². The number of hydrogen-bond donors (Lipinski definition) is 1. The van der Waals surface area contributed by atoms with Crippen LogP contribution in [-0.2, 0) is 11.3 Å². The lowest BCUT2D eigenvalue weighted by atomic mass is 10.1. The van der Waals surface area contributed by atoms with Crippen molar-refractivity contribution in [1.82, 2.24) is 5.32 Å². The number of nitrogens with one attached hydrogen (secondary N) is 1. The molecular formula is C13H15Cl2NO2. The van der Waals surface area contributed by atoms with Crippen LogP contribution in [0.2, 0.25) is 0 Å². The summed E-state index contributed by atoms with van der Waals surface area (Å²) in [4.78, 5) is 12.0. The zero-order chi connectivity index (χ0) is 13.3. The van der Waals surface area contributed by atoms with Gasteiger partial charge in [0.05, 0.1) is 18.7 Å². The third kappa shape index (κ3) is 2.73. The summed E-state index contributed by atoms with van der Waals surface area (Å²) in [5.41, 5.74) is -0.0950. The summed E-state index contributed by atoms with van der Waals surface area (Å²) < 4.78 is 5.38. The Hall–Kier alpha value is -0.930. The van der Waals surface area contributed by atoms with Crippen LogP contribution in [0.3, 0.4) is 0 Å². The summed E-state index contributed by atoms with van der Waals surface area (Å²) in [6.07, 6.45) is 3.32. The van der Waals surface area contributed by atoms with Crippen LogP contribution in [0.4, 0.5) is 0 Å². The molecule has 1 aromatic heterocycles. The smallest absolute Gasteiger partial charge is 0.224 e. The molecule has 1 aromatic rings. The molecule has 1 N–H and O–H groups in total. The van der Waals surface area contributed by atoms with Crippen molar-refractivity contribution < 1.29 is 9.21 Å². The first-order valence-corrected chi connectivity index (χ1v) is 6.51. The van der Waals surface area contributed by atoms with Crippen molar-refractivity contribution in [3.63, 3.8) is 0 Å². The first kappa shape index (κ1) is 13.5. The number of amides is 1. The molecule has 5 heteroatoms. The molecule has 0 saturated heterocycles. The van der Waals surface area contributed by atoms with E-state index in [0.717, 1.165) is 5.76 Å². The molecule has 0 radical (unpaired) electrons. The van der Waals surface area contributed by atoms with E-state index in [4.69, 9.17) is 27.6 Å². The van der Waals surface area contributed by atoms with Gasteiger partial charge in [0.25, 0.3) is 0 Å². The second kappa shape index (κ2) is 4.98. The quantitative estimate of drug-likeness (QED) is 0.921. The van der Waals surface area contributed by atoms with Gasteiger partial charge < -0.3 is 9.73 Å². The summed E-state index contributed by atoms with van der Waals surface area (Å²) in [5.74, 6) is 0.760. The van der Waals surface area contributed by atoms with Crippen LogP contribution in [0, 0.1) is 17.3 Å². The Kier molecular flexibility index (Phi) is 3.74. The molecule has 2 atom stereocenters. The summed E-state index contributed by atoms with van der Waals surface area (Å²) >= 11 is 11.3. The minimum Gasteiger partial charge on any atom is -0.467 e. The molecule has 0 bridgehead atoms. The van der Waals surface area contributed by atoms with E-state index in [1.807, 2.05) is 19.9 Å². The maximum absolute atomic E-state index is 12.0. The first-order chi connectivity index (χ1) is 8.43. The van der Waals surface area contributed by atoms with Gasteiger partial charge in [0.15, 0.2) is 0 Å². The Morgan fingerprint density at radius 1 is 1.56 bits per heavy atom. The molecule has 0 unspecified atom stereocenters. The van der Waals surface area contributed by atoms with Crippen molar-refractivity contribution in [3.05, 3.63) is 34.7 Å². The minimum atomic E-state index is -0.0950. The highest BCUT2D eigenvalue weighted by Crippen LogP contribution is 2.59. The number of allylic oxidation sites excluding steroid dienone is 1. The Morgan fingerprint density at radius 2 is 2.28 bits per heavy atom. The lowest BCUT2D eigenvalue weighted by Gasteiger charge is -2.04. The van der Waals surface area contributed by atoms with E-state index >= 15 is 0 Å². The average Bonchev–Trinajstić information content (AvgIpc) is 2.70. The van der Waals surface area contributed by atoms with Gasteiger partial charge in [-0.05, 0) is 29.5 Å². The lowest BCUT2D eigenvalue weighted by molar-refractivity contribution is -0.123. The monoisotopic (exact) mass is 287 g/mol. The van der Waals surface area contributed by atoms with Crippen molar-refractivity contribution in [2.75, 3.05) is 0 Å². The molecule has 0 aromatic carbocycles. The standard InChI is InChI=1S/C13H15Cl2NO2/c1-13(2)9(6-10(14)15)11(13)12(17)16-7-8-4-3-5-18-8/h3-6,9,11H,7H2,1-2H3,(H,16,17)/t9-,11+/m1/s1. The predicted molar refractivity (Wildman–Crippen MR) is 71.1 cm³/mol.